The first kappa shape index (κ1) is 19.4. The van der Waals surface area contributed by atoms with Gasteiger partial charge in [0.05, 0.1) is 6.61 Å². The molecule has 0 saturated heterocycles. The predicted octanol–water partition coefficient (Wildman–Crippen LogP) is 4.93. The Labute approximate surface area is 137 Å². The Morgan fingerprint density at radius 2 is 1.86 bits per heavy atom. The van der Waals surface area contributed by atoms with Crippen LogP contribution in [0.1, 0.15) is 53.4 Å². The van der Waals surface area contributed by atoms with Crippen molar-refractivity contribution in [2.45, 2.75) is 71.5 Å². The largest absolute Gasteiger partial charge is 0.463 e. The molecule has 0 bridgehead atoms. The van der Waals surface area contributed by atoms with Gasteiger partial charge in [-0.15, -0.1) is 0 Å². The molecule has 0 aliphatic heterocycles. The van der Waals surface area contributed by atoms with Crippen LogP contribution in [0.5, 0.6) is 0 Å². The molecule has 1 aliphatic carbocycles. The van der Waals surface area contributed by atoms with Crippen LogP contribution >= 0.6 is 0 Å². The molecule has 0 aromatic heterocycles. The fraction of sp³-hybridized carbons (Fsp3) is 0.833. The SMILES string of the molecule is CCOC(=O)/C=C/[C@@H]1CCCC[C@@H]1CO[Si](C)(C)C(C)(C)C. The van der Waals surface area contributed by atoms with Crippen LogP contribution in [0.25, 0.3) is 0 Å². The Morgan fingerprint density at radius 1 is 1.23 bits per heavy atom. The van der Waals surface area contributed by atoms with E-state index in [0.29, 0.717) is 18.4 Å². The van der Waals surface area contributed by atoms with Crippen molar-refractivity contribution in [2.24, 2.45) is 11.8 Å². The summed E-state index contributed by atoms with van der Waals surface area (Å²) in [5, 5.41) is 0.248. The van der Waals surface area contributed by atoms with Crippen LogP contribution in [-0.2, 0) is 14.0 Å². The maximum absolute atomic E-state index is 11.5. The molecule has 128 valence electrons. The van der Waals surface area contributed by atoms with Gasteiger partial charge in [0.2, 0.25) is 0 Å². The van der Waals surface area contributed by atoms with Gasteiger partial charge in [-0.05, 0) is 49.7 Å². The van der Waals surface area contributed by atoms with Crippen LogP contribution in [0, 0.1) is 11.8 Å². The van der Waals surface area contributed by atoms with Gasteiger partial charge in [0.1, 0.15) is 0 Å². The van der Waals surface area contributed by atoms with Crippen LogP contribution < -0.4 is 0 Å². The molecule has 0 radical (unpaired) electrons. The summed E-state index contributed by atoms with van der Waals surface area (Å²) in [5.74, 6) is 0.758. The van der Waals surface area contributed by atoms with Gasteiger partial charge in [0, 0.05) is 12.7 Å². The van der Waals surface area contributed by atoms with E-state index in [9.17, 15) is 4.79 Å². The van der Waals surface area contributed by atoms with Crippen molar-refractivity contribution in [2.75, 3.05) is 13.2 Å². The highest BCUT2D eigenvalue weighted by atomic mass is 28.4. The standard InChI is InChI=1S/C18H34O3Si/c1-7-20-17(19)13-12-15-10-8-9-11-16(15)14-21-22(5,6)18(2,3)4/h12-13,15-16H,7-11,14H2,1-6H3/b13-12+/t15-,16+/m0/s1. The van der Waals surface area contributed by atoms with Crippen molar-refractivity contribution in [1.29, 1.82) is 0 Å². The molecule has 1 aliphatic rings. The summed E-state index contributed by atoms with van der Waals surface area (Å²) in [6, 6.07) is 0. The number of hydrogen-bond acceptors (Lipinski definition) is 3. The molecule has 0 amide bonds. The number of esters is 1. The van der Waals surface area contributed by atoms with Crippen LogP contribution in [0.4, 0.5) is 0 Å². The third-order valence-electron chi connectivity index (χ3n) is 5.20. The van der Waals surface area contributed by atoms with Gasteiger partial charge in [-0.1, -0.05) is 39.7 Å². The molecule has 0 aromatic rings. The lowest BCUT2D eigenvalue weighted by Gasteiger charge is -2.39. The predicted molar refractivity (Wildman–Crippen MR) is 94.4 cm³/mol. The molecular formula is C18H34O3Si. The van der Waals surface area contributed by atoms with E-state index in [1.54, 1.807) is 6.08 Å². The molecule has 4 heteroatoms. The first-order valence-electron chi connectivity index (χ1n) is 8.66. The summed E-state index contributed by atoms with van der Waals surface area (Å²) >= 11 is 0. The van der Waals surface area contributed by atoms with Gasteiger partial charge >= 0.3 is 5.97 Å². The minimum absolute atomic E-state index is 0.225. The summed E-state index contributed by atoms with van der Waals surface area (Å²) in [6.07, 6.45) is 8.53. The zero-order chi connectivity index (χ0) is 16.8. The summed E-state index contributed by atoms with van der Waals surface area (Å²) < 4.78 is 11.4. The number of allylic oxidation sites excluding steroid dienone is 1. The number of ether oxygens (including phenoxy) is 1. The van der Waals surface area contributed by atoms with Crippen LogP contribution in [0.3, 0.4) is 0 Å². The second-order valence-corrected chi connectivity index (χ2v) is 12.7. The van der Waals surface area contributed by atoms with Crippen LogP contribution in [-0.4, -0.2) is 27.5 Å². The van der Waals surface area contributed by atoms with Gasteiger partial charge in [-0.3, -0.25) is 0 Å². The zero-order valence-corrected chi connectivity index (χ0v) is 16.3. The third-order valence-corrected chi connectivity index (χ3v) is 9.70. The number of carbonyl (C=O) groups is 1. The Hall–Kier alpha value is -0.613. The Morgan fingerprint density at radius 3 is 2.45 bits per heavy atom. The van der Waals surface area contributed by atoms with Crippen molar-refractivity contribution < 1.29 is 14.0 Å². The van der Waals surface area contributed by atoms with Crippen LogP contribution in [0.15, 0.2) is 12.2 Å². The lowest BCUT2D eigenvalue weighted by atomic mass is 9.79. The van der Waals surface area contributed by atoms with Crippen LogP contribution in [0.2, 0.25) is 18.1 Å². The molecular weight excluding hydrogens is 292 g/mol. The Bertz CT molecular complexity index is 382. The second kappa shape index (κ2) is 8.30. The van der Waals surface area contributed by atoms with E-state index < -0.39 is 8.32 Å². The molecule has 1 fully saturated rings. The first-order valence-corrected chi connectivity index (χ1v) is 11.6. The highest BCUT2D eigenvalue weighted by molar-refractivity contribution is 6.74. The number of hydrogen-bond donors (Lipinski definition) is 0. The molecule has 22 heavy (non-hydrogen) atoms. The molecule has 0 aromatic carbocycles. The lowest BCUT2D eigenvalue weighted by Crippen LogP contribution is -2.42. The van der Waals surface area contributed by atoms with E-state index in [1.807, 2.05) is 6.92 Å². The van der Waals surface area contributed by atoms with E-state index in [0.717, 1.165) is 13.0 Å². The number of rotatable bonds is 6. The molecule has 2 atom stereocenters. The van der Waals surface area contributed by atoms with Crippen molar-refractivity contribution in [3.8, 4) is 0 Å². The lowest BCUT2D eigenvalue weighted by molar-refractivity contribution is -0.137. The fourth-order valence-electron chi connectivity index (χ4n) is 2.62. The second-order valence-electron chi connectivity index (χ2n) is 7.89. The fourth-order valence-corrected chi connectivity index (χ4v) is 3.68. The van der Waals surface area contributed by atoms with Gasteiger partial charge in [-0.2, -0.15) is 0 Å². The number of carbonyl (C=O) groups excluding carboxylic acids is 1. The molecule has 0 unspecified atom stereocenters. The summed E-state index contributed by atoms with van der Waals surface area (Å²) in [7, 11) is -1.69. The Balaban J connectivity index is 2.61. The summed E-state index contributed by atoms with van der Waals surface area (Å²) in [4.78, 5) is 11.5. The molecule has 1 saturated carbocycles. The van der Waals surface area contributed by atoms with Gasteiger partial charge < -0.3 is 9.16 Å². The third kappa shape index (κ3) is 5.88. The summed E-state index contributed by atoms with van der Waals surface area (Å²) in [5.41, 5.74) is 0. The molecule has 0 heterocycles. The maximum atomic E-state index is 11.5. The van der Waals surface area contributed by atoms with Gasteiger partial charge in [-0.25, -0.2) is 4.79 Å². The molecule has 0 N–H and O–H groups in total. The molecule has 0 spiro atoms. The highest BCUT2D eigenvalue weighted by Gasteiger charge is 2.38. The highest BCUT2D eigenvalue weighted by Crippen LogP contribution is 2.38. The van der Waals surface area contributed by atoms with Crippen molar-refractivity contribution in [1.82, 2.24) is 0 Å². The minimum Gasteiger partial charge on any atom is -0.463 e. The zero-order valence-electron chi connectivity index (χ0n) is 15.3. The van der Waals surface area contributed by atoms with Crippen molar-refractivity contribution in [3.63, 3.8) is 0 Å². The van der Waals surface area contributed by atoms with Gasteiger partial charge in [0.15, 0.2) is 8.32 Å². The van der Waals surface area contributed by atoms with E-state index in [1.165, 1.54) is 19.3 Å². The van der Waals surface area contributed by atoms with E-state index in [-0.39, 0.29) is 11.0 Å². The first-order chi connectivity index (χ1) is 10.2. The normalized spacial score (nSPS) is 23.7. The smallest absolute Gasteiger partial charge is 0.330 e. The van der Waals surface area contributed by atoms with E-state index in [2.05, 4.69) is 39.9 Å². The average Bonchev–Trinajstić information content (AvgIpc) is 2.43. The van der Waals surface area contributed by atoms with E-state index in [4.69, 9.17) is 9.16 Å². The average molecular weight is 327 g/mol. The van der Waals surface area contributed by atoms with Crippen molar-refractivity contribution in [3.05, 3.63) is 12.2 Å². The molecule has 1 rings (SSSR count). The monoisotopic (exact) mass is 326 g/mol. The minimum atomic E-state index is -1.69. The summed E-state index contributed by atoms with van der Waals surface area (Å²) in [6.45, 7) is 14.5. The maximum Gasteiger partial charge on any atom is 0.330 e. The quantitative estimate of drug-likeness (QED) is 0.394. The Kier molecular flexibility index (Phi) is 7.33. The van der Waals surface area contributed by atoms with E-state index >= 15 is 0 Å². The van der Waals surface area contributed by atoms with Crippen molar-refractivity contribution >= 4 is 14.3 Å². The van der Waals surface area contributed by atoms with Gasteiger partial charge in [0.25, 0.3) is 0 Å². The topological polar surface area (TPSA) is 35.5 Å². The molecule has 3 nitrogen and oxygen atoms in total.